The van der Waals surface area contributed by atoms with Gasteiger partial charge < -0.3 is 19.9 Å². The summed E-state index contributed by atoms with van der Waals surface area (Å²) in [5.41, 5.74) is 5.38. The molecule has 2 aromatic carbocycles. The predicted octanol–water partition coefficient (Wildman–Crippen LogP) is 6.82. The topological polar surface area (TPSA) is 50.7 Å². The third-order valence-electron chi connectivity index (χ3n) is 7.29. The lowest BCUT2D eigenvalue weighted by atomic mass is 9.88. The summed E-state index contributed by atoms with van der Waals surface area (Å²) in [7, 11) is 0. The molecule has 0 spiro atoms. The molecule has 3 rings (SSSR count). The first-order chi connectivity index (χ1) is 17.2. The highest BCUT2D eigenvalue weighted by atomic mass is 16.5. The van der Waals surface area contributed by atoms with Crippen LogP contribution in [-0.4, -0.2) is 36.0 Å². The van der Waals surface area contributed by atoms with Gasteiger partial charge in [-0.1, -0.05) is 56.2 Å². The van der Waals surface area contributed by atoms with E-state index < -0.39 is 6.10 Å². The first-order valence-corrected chi connectivity index (χ1v) is 14.1. The molecule has 2 N–H and O–H groups in total. The van der Waals surface area contributed by atoms with Crippen LogP contribution in [0.15, 0.2) is 42.5 Å². The molecule has 0 radical (unpaired) electrons. The number of nitrogens with one attached hydrogen (secondary N) is 1. The Morgan fingerprint density at radius 3 is 2.33 bits per heavy atom. The Hall–Kier alpha value is -1.88. The minimum Gasteiger partial charge on any atom is -0.491 e. The summed E-state index contributed by atoms with van der Waals surface area (Å²) >= 11 is 0. The van der Waals surface area contributed by atoms with Crippen LogP contribution in [-0.2, 0) is 24.0 Å². The Kier molecular flexibility index (Phi) is 10.8. The van der Waals surface area contributed by atoms with Gasteiger partial charge in [-0.25, -0.2) is 0 Å². The maximum Gasteiger partial charge on any atom is 0.123 e. The van der Waals surface area contributed by atoms with Crippen molar-refractivity contribution in [2.75, 3.05) is 13.2 Å². The molecule has 200 valence electrons. The summed E-state index contributed by atoms with van der Waals surface area (Å²) in [6.07, 6.45) is 7.42. The molecule has 0 aromatic heterocycles. The molecule has 0 amide bonds. The van der Waals surface area contributed by atoms with Crippen molar-refractivity contribution in [3.8, 4) is 5.75 Å². The number of hydrogen-bond donors (Lipinski definition) is 2. The molecule has 4 nitrogen and oxygen atoms in total. The van der Waals surface area contributed by atoms with Crippen LogP contribution in [0.1, 0.15) is 95.6 Å². The van der Waals surface area contributed by atoms with E-state index in [1.165, 1.54) is 35.1 Å². The van der Waals surface area contributed by atoms with Crippen LogP contribution in [0.3, 0.4) is 0 Å². The van der Waals surface area contributed by atoms with E-state index in [-0.39, 0.29) is 17.7 Å². The fourth-order valence-electron chi connectivity index (χ4n) is 5.53. The molecule has 0 bridgehead atoms. The molecule has 1 aliphatic rings. The highest BCUT2D eigenvalue weighted by Gasteiger charge is 2.28. The zero-order valence-corrected chi connectivity index (χ0v) is 23.5. The number of unbranched alkanes of at least 4 members (excludes halogenated alkanes) is 2. The first-order valence-electron chi connectivity index (χ1n) is 14.1. The van der Waals surface area contributed by atoms with Crippen molar-refractivity contribution >= 4 is 0 Å². The number of aliphatic hydroxyl groups excluding tert-OH is 1. The Balaban J connectivity index is 1.50. The van der Waals surface area contributed by atoms with Crippen LogP contribution >= 0.6 is 0 Å². The largest absolute Gasteiger partial charge is 0.491 e. The monoisotopic (exact) mass is 495 g/mol. The van der Waals surface area contributed by atoms with E-state index >= 15 is 0 Å². The SMILES string of the molecule is CCCCCc1c(OC(C)C)cccc1C(C)OCC(O)CNC(C)(C)CC1Cc2ccccc2C1. The lowest BCUT2D eigenvalue weighted by Gasteiger charge is -2.31. The third kappa shape index (κ3) is 8.61. The molecule has 0 aliphatic heterocycles. The fraction of sp³-hybridized carbons (Fsp3) is 0.625. The maximum atomic E-state index is 10.7. The molecule has 2 unspecified atom stereocenters. The van der Waals surface area contributed by atoms with Crippen molar-refractivity contribution in [1.82, 2.24) is 5.32 Å². The summed E-state index contributed by atoms with van der Waals surface area (Å²) in [5, 5.41) is 14.3. The second kappa shape index (κ2) is 13.6. The molecule has 0 saturated carbocycles. The van der Waals surface area contributed by atoms with Gasteiger partial charge in [0.1, 0.15) is 5.75 Å². The average Bonchev–Trinajstić information content (AvgIpc) is 3.23. The van der Waals surface area contributed by atoms with Crippen LogP contribution < -0.4 is 10.1 Å². The standard InChI is InChI=1S/C32H49NO3/c1-7-8-9-15-30-29(16-12-17-31(30)36-23(2)3)24(4)35-22-28(34)21-33-32(5,6)20-25-18-26-13-10-11-14-27(26)19-25/h10-14,16-17,23-25,28,33-34H,7-9,15,18-22H2,1-6H3. The summed E-state index contributed by atoms with van der Waals surface area (Å²) < 4.78 is 12.3. The van der Waals surface area contributed by atoms with Gasteiger partial charge in [-0.2, -0.15) is 0 Å². The molecule has 0 fully saturated rings. The van der Waals surface area contributed by atoms with Gasteiger partial charge in [-0.3, -0.25) is 0 Å². The molecular weight excluding hydrogens is 446 g/mol. The number of aliphatic hydroxyl groups is 1. The van der Waals surface area contributed by atoms with Gasteiger partial charge in [-0.15, -0.1) is 0 Å². The van der Waals surface area contributed by atoms with Crippen molar-refractivity contribution in [2.24, 2.45) is 5.92 Å². The van der Waals surface area contributed by atoms with E-state index in [0.717, 1.165) is 37.9 Å². The maximum absolute atomic E-state index is 10.7. The molecule has 1 aliphatic carbocycles. The summed E-state index contributed by atoms with van der Waals surface area (Å²) in [6, 6.07) is 15.1. The van der Waals surface area contributed by atoms with Crippen molar-refractivity contribution < 1.29 is 14.6 Å². The van der Waals surface area contributed by atoms with Crippen molar-refractivity contribution in [1.29, 1.82) is 0 Å². The number of ether oxygens (including phenoxy) is 2. The second-order valence-electron chi connectivity index (χ2n) is 11.6. The Morgan fingerprint density at radius 2 is 1.69 bits per heavy atom. The normalized spacial score (nSPS) is 15.8. The van der Waals surface area contributed by atoms with Crippen LogP contribution in [0, 0.1) is 5.92 Å². The smallest absolute Gasteiger partial charge is 0.123 e. The minimum absolute atomic E-state index is 0.0335. The van der Waals surface area contributed by atoms with Gasteiger partial charge in [0.15, 0.2) is 0 Å². The Labute approximate surface area is 219 Å². The number of β-amino-alcohol motifs (C(OH)–C–C–N with tert-alkyl or cyclic N) is 1. The Morgan fingerprint density at radius 1 is 1.00 bits per heavy atom. The van der Waals surface area contributed by atoms with E-state index in [4.69, 9.17) is 9.47 Å². The predicted molar refractivity (Wildman–Crippen MR) is 150 cm³/mol. The molecule has 2 aromatic rings. The minimum atomic E-state index is -0.550. The van der Waals surface area contributed by atoms with Crippen LogP contribution in [0.25, 0.3) is 0 Å². The Bertz CT molecular complexity index is 914. The van der Waals surface area contributed by atoms with Gasteiger partial charge in [0.25, 0.3) is 0 Å². The highest BCUT2D eigenvalue weighted by molar-refractivity contribution is 5.42. The van der Waals surface area contributed by atoms with Crippen LogP contribution in [0.2, 0.25) is 0 Å². The van der Waals surface area contributed by atoms with E-state index in [1.54, 1.807) is 0 Å². The van der Waals surface area contributed by atoms with E-state index in [0.29, 0.717) is 19.1 Å². The summed E-state index contributed by atoms with van der Waals surface area (Å²) in [6.45, 7) is 13.8. The number of rotatable bonds is 15. The third-order valence-corrected chi connectivity index (χ3v) is 7.29. The van der Waals surface area contributed by atoms with Gasteiger partial charge in [0, 0.05) is 12.1 Å². The molecule has 0 heterocycles. The van der Waals surface area contributed by atoms with Crippen molar-refractivity contribution in [3.63, 3.8) is 0 Å². The van der Waals surface area contributed by atoms with Gasteiger partial charge in [0.2, 0.25) is 0 Å². The molecule has 2 atom stereocenters. The van der Waals surface area contributed by atoms with Crippen LogP contribution in [0.5, 0.6) is 5.75 Å². The van der Waals surface area contributed by atoms with E-state index in [9.17, 15) is 5.11 Å². The first kappa shape index (κ1) is 28.7. The highest BCUT2D eigenvalue weighted by Crippen LogP contribution is 2.33. The number of hydrogen-bond acceptors (Lipinski definition) is 4. The lowest BCUT2D eigenvalue weighted by molar-refractivity contribution is -0.00503. The molecular formula is C32H49NO3. The van der Waals surface area contributed by atoms with Gasteiger partial charge in [0.05, 0.1) is 24.9 Å². The number of benzene rings is 2. The zero-order valence-electron chi connectivity index (χ0n) is 23.5. The zero-order chi connectivity index (χ0) is 26.1. The second-order valence-corrected chi connectivity index (χ2v) is 11.6. The molecule has 4 heteroatoms. The quantitative estimate of drug-likeness (QED) is 0.266. The van der Waals surface area contributed by atoms with E-state index in [2.05, 4.69) is 89.3 Å². The molecule has 0 saturated heterocycles. The fourth-order valence-corrected chi connectivity index (χ4v) is 5.53. The average molecular weight is 496 g/mol. The van der Waals surface area contributed by atoms with Crippen molar-refractivity contribution in [3.05, 3.63) is 64.7 Å². The summed E-state index contributed by atoms with van der Waals surface area (Å²) in [4.78, 5) is 0. The van der Waals surface area contributed by atoms with Gasteiger partial charge in [-0.05, 0) is 101 Å². The van der Waals surface area contributed by atoms with Gasteiger partial charge >= 0.3 is 0 Å². The lowest BCUT2D eigenvalue weighted by Crippen LogP contribution is -2.45. The van der Waals surface area contributed by atoms with E-state index in [1.807, 2.05) is 0 Å². The molecule has 36 heavy (non-hydrogen) atoms. The number of fused-ring (bicyclic) bond motifs is 1. The van der Waals surface area contributed by atoms with Crippen molar-refractivity contribution in [2.45, 2.75) is 110 Å². The summed E-state index contributed by atoms with van der Waals surface area (Å²) in [5.74, 6) is 1.62. The van der Waals surface area contributed by atoms with Crippen LogP contribution in [0.4, 0.5) is 0 Å².